The smallest absolute Gasteiger partial charge is 0.316 e. The second kappa shape index (κ2) is 9.36. The van der Waals surface area contributed by atoms with E-state index in [1.54, 1.807) is 34.9 Å². The number of nitrogens with zero attached hydrogens (tertiary/aromatic N) is 4. The van der Waals surface area contributed by atoms with Gasteiger partial charge in [0, 0.05) is 31.4 Å². The maximum atomic E-state index is 12.7. The molecule has 0 bridgehead atoms. The van der Waals surface area contributed by atoms with Crippen molar-refractivity contribution in [2.45, 2.75) is 6.92 Å². The minimum absolute atomic E-state index is 0.0463. The van der Waals surface area contributed by atoms with Crippen LogP contribution in [0.3, 0.4) is 0 Å². The molecule has 3 aromatic heterocycles. The minimum atomic E-state index is -4.67. The van der Waals surface area contributed by atoms with Gasteiger partial charge in [-0.25, -0.2) is 9.50 Å². The fourth-order valence-electron chi connectivity index (χ4n) is 2.87. The van der Waals surface area contributed by atoms with Crippen LogP contribution in [0.1, 0.15) is 22.2 Å². The number of anilines is 1. The van der Waals surface area contributed by atoms with Crippen LogP contribution in [0.25, 0.3) is 16.9 Å². The monoisotopic (exact) mass is 474 g/mol. The summed E-state index contributed by atoms with van der Waals surface area (Å²) in [5.74, 6) is -0.135. The molecule has 0 saturated heterocycles. The Morgan fingerprint density at radius 3 is 2.47 bits per heavy atom. The molecule has 166 valence electrons. The number of amides is 1. The molecule has 4 rings (SSSR count). The van der Waals surface area contributed by atoms with Crippen molar-refractivity contribution in [3.8, 4) is 11.3 Å². The largest absolute Gasteiger partial charge is 0.394 e. The first kappa shape index (κ1) is 23.2. The Kier molecular flexibility index (Phi) is 6.79. The molecular weight excluding hydrogens is 456 g/mol. The summed E-state index contributed by atoms with van der Waals surface area (Å²) >= 11 is 1.39. The lowest BCUT2D eigenvalue weighted by Crippen LogP contribution is -2.22. The van der Waals surface area contributed by atoms with E-state index in [4.69, 9.17) is 17.5 Å². The van der Waals surface area contributed by atoms with Gasteiger partial charge in [0.1, 0.15) is 0 Å². The molecule has 1 aromatic carbocycles. The number of rotatable bonds is 4. The van der Waals surface area contributed by atoms with Gasteiger partial charge in [-0.05, 0) is 29.6 Å². The fourth-order valence-corrected chi connectivity index (χ4v) is 3.54. The van der Waals surface area contributed by atoms with Gasteiger partial charge >= 0.3 is 10.4 Å². The number of hydrogen-bond donors (Lipinski definition) is 2. The number of aromatic nitrogens is 3. The van der Waals surface area contributed by atoms with E-state index in [1.165, 1.54) is 18.3 Å². The molecule has 0 saturated carbocycles. The van der Waals surface area contributed by atoms with Crippen LogP contribution in [-0.2, 0) is 15.2 Å². The van der Waals surface area contributed by atoms with Crippen LogP contribution in [0.15, 0.2) is 60.2 Å². The highest BCUT2D eigenvalue weighted by molar-refractivity contribution is 7.79. The number of fused-ring (bicyclic) bond motifs is 1. The Morgan fingerprint density at radius 2 is 1.84 bits per heavy atom. The van der Waals surface area contributed by atoms with E-state index in [9.17, 15) is 9.59 Å². The molecule has 4 aromatic rings. The molecule has 12 heteroatoms. The third-order valence-electron chi connectivity index (χ3n) is 4.39. The number of carbonyl (C=O) groups excluding carboxylic acids is 2. The third kappa shape index (κ3) is 5.42. The van der Waals surface area contributed by atoms with Gasteiger partial charge in [-0.3, -0.25) is 18.7 Å². The topological polar surface area (TPSA) is 142 Å². The van der Waals surface area contributed by atoms with Crippen molar-refractivity contribution in [1.29, 1.82) is 0 Å². The molecule has 2 N–H and O–H groups in total. The fraction of sp³-hybridized carbons (Fsp3) is 0.100. The number of hydrogen-bond acceptors (Lipinski definition) is 7. The highest BCUT2D eigenvalue weighted by Gasteiger charge is 2.18. The number of thiophene rings is 1. The van der Waals surface area contributed by atoms with Gasteiger partial charge in [-0.15, -0.1) is 11.3 Å². The standard InChI is InChI=1S/C20H16N4O2S.H2O4S/c1-13(25)23(2)15-6-3-5-14(11-15)17-8-9-21-20-16(12-22-24(17)20)19(26)18-7-4-10-27-18;1-5(2,3)4/h3-12H,1-2H3;(H2,1,2,3,4). The minimum Gasteiger partial charge on any atom is -0.316 e. The van der Waals surface area contributed by atoms with Crippen LogP contribution >= 0.6 is 11.3 Å². The molecule has 0 unspecified atom stereocenters. The van der Waals surface area contributed by atoms with Crippen molar-refractivity contribution < 1.29 is 27.1 Å². The highest BCUT2D eigenvalue weighted by atomic mass is 32.3. The van der Waals surface area contributed by atoms with E-state index in [-0.39, 0.29) is 11.7 Å². The Morgan fingerprint density at radius 1 is 1.12 bits per heavy atom. The summed E-state index contributed by atoms with van der Waals surface area (Å²) < 4.78 is 33.2. The van der Waals surface area contributed by atoms with Crippen molar-refractivity contribution in [2.24, 2.45) is 0 Å². The Bertz CT molecular complexity index is 1370. The number of carbonyl (C=O) groups is 2. The van der Waals surface area contributed by atoms with E-state index >= 15 is 0 Å². The molecule has 0 fully saturated rings. The second-order valence-corrected chi connectivity index (χ2v) is 8.35. The molecule has 0 aliphatic carbocycles. The van der Waals surface area contributed by atoms with Crippen LogP contribution in [-0.4, -0.2) is 50.9 Å². The summed E-state index contributed by atoms with van der Waals surface area (Å²) in [6, 6.07) is 13.1. The van der Waals surface area contributed by atoms with Gasteiger partial charge in [0.15, 0.2) is 5.65 Å². The van der Waals surface area contributed by atoms with Crippen LogP contribution < -0.4 is 4.90 Å². The van der Waals surface area contributed by atoms with Crippen molar-refractivity contribution in [2.75, 3.05) is 11.9 Å². The molecule has 0 atom stereocenters. The van der Waals surface area contributed by atoms with Crippen LogP contribution in [0.2, 0.25) is 0 Å². The van der Waals surface area contributed by atoms with Crippen LogP contribution in [0, 0.1) is 0 Å². The van der Waals surface area contributed by atoms with Gasteiger partial charge < -0.3 is 4.90 Å². The van der Waals surface area contributed by atoms with Gasteiger partial charge in [0.25, 0.3) is 0 Å². The van der Waals surface area contributed by atoms with E-state index in [1.807, 2.05) is 41.8 Å². The van der Waals surface area contributed by atoms with Gasteiger partial charge in [-0.2, -0.15) is 13.5 Å². The first-order valence-electron chi connectivity index (χ1n) is 9.02. The summed E-state index contributed by atoms with van der Waals surface area (Å²) in [5.41, 5.74) is 3.44. The first-order chi connectivity index (χ1) is 15.1. The van der Waals surface area contributed by atoms with Crippen molar-refractivity contribution in [3.63, 3.8) is 0 Å². The summed E-state index contributed by atoms with van der Waals surface area (Å²) in [6.45, 7) is 1.52. The van der Waals surface area contributed by atoms with E-state index in [0.717, 1.165) is 16.9 Å². The predicted molar refractivity (Wildman–Crippen MR) is 119 cm³/mol. The number of benzene rings is 1. The van der Waals surface area contributed by atoms with Gasteiger partial charge in [-0.1, -0.05) is 18.2 Å². The average molecular weight is 475 g/mol. The highest BCUT2D eigenvalue weighted by Crippen LogP contribution is 2.26. The van der Waals surface area contributed by atoms with Crippen molar-refractivity contribution >= 4 is 44.8 Å². The van der Waals surface area contributed by atoms with E-state index in [2.05, 4.69) is 10.1 Å². The lowest BCUT2D eigenvalue weighted by molar-refractivity contribution is -0.116. The molecule has 0 aliphatic heterocycles. The van der Waals surface area contributed by atoms with Gasteiger partial charge in [0.05, 0.1) is 22.3 Å². The lowest BCUT2D eigenvalue weighted by atomic mass is 10.1. The van der Waals surface area contributed by atoms with Gasteiger partial charge in [0.2, 0.25) is 11.7 Å². The molecular formula is C20H18N4O6S2. The summed E-state index contributed by atoms with van der Waals surface area (Å²) in [5, 5.41) is 6.26. The first-order valence-corrected chi connectivity index (χ1v) is 11.3. The zero-order valence-corrected chi connectivity index (χ0v) is 18.5. The molecule has 0 aliphatic rings. The normalized spacial score (nSPS) is 11.0. The number of ketones is 1. The van der Waals surface area contributed by atoms with Crippen LogP contribution in [0.4, 0.5) is 5.69 Å². The summed E-state index contributed by atoms with van der Waals surface area (Å²) in [6.07, 6.45) is 3.22. The predicted octanol–water partition coefficient (Wildman–Crippen LogP) is 3.02. The maximum Gasteiger partial charge on any atom is 0.394 e. The molecule has 3 heterocycles. The Labute approximate surface area is 187 Å². The zero-order chi connectivity index (χ0) is 23.5. The van der Waals surface area contributed by atoms with Crippen LogP contribution in [0.5, 0.6) is 0 Å². The summed E-state index contributed by atoms with van der Waals surface area (Å²) in [7, 11) is -2.94. The third-order valence-corrected chi connectivity index (χ3v) is 5.26. The lowest BCUT2D eigenvalue weighted by Gasteiger charge is -2.16. The van der Waals surface area contributed by atoms with Crippen molar-refractivity contribution in [1.82, 2.24) is 14.6 Å². The molecule has 32 heavy (non-hydrogen) atoms. The summed E-state index contributed by atoms with van der Waals surface area (Å²) in [4.78, 5) is 31.0. The van der Waals surface area contributed by atoms with E-state index in [0.29, 0.717) is 16.1 Å². The SMILES string of the molecule is CC(=O)N(C)c1cccc(-c2ccnc3c(C(=O)c4cccs4)cnn23)c1.O=S(=O)(O)O. The quantitative estimate of drug-likeness (QED) is 0.339. The average Bonchev–Trinajstić information content (AvgIpc) is 3.41. The molecule has 1 amide bonds. The maximum absolute atomic E-state index is 12.7. The molecule has 0 spiro atoms. The Balaban J connectivity index is 0.000000523. The molecule has 0 radical (unpaired) electrons. The second-order valence-electron chi connectivity index (χ2n) is 6.51. The zero-order valence-electron chi connectivity index (χ0n) is 16.9. The molecule has 10 nitrogen and oxygen atoms in total. The van der Waals surface area contributed by atoms with E-state index < -0.39 is 10.4 Å². The van der Waals surface area contributed by atoms with Crippen molar-refractivity contribution in [3.05, 3.63) is 70.7 Å². The Hall–Kier alpha value is -3.45.